The van der Waals surface area contributed by atoms with Gasteiger partial charge in [-0.2, -0.15) is 0 Å². The smallest absolute Gasteiger partial charge is 0.0601 e. The molecule has 1 aliphatic rings. The monoisotopic (exact) mass is 102 g/mol. The average molecular weight is 102 g/mol. The van der Waals surface area contributed by atoms with E-state index >= 15 is 0 Å². The van der Waals surface area contributed by atoms with Crippen LogP contribution in [0.4, 0.5) is 0 Å². The van der Waals surface area contributed by atoms with Crippen molar-refractivity contribution in [1.29, 1.82) is 0 Å². The van der Waals surface area contributed by atoms with Gasteiger partial charge in [-0.3, -0.25) is 5.84 Å². The van der Waals surface area contributed by atoms with E-state index in [1.165, 1.54) is 0 Å². The highest BCUT2D eigenvalue weighted by Crippen LogP contribution is 2.09. The molecule has 0 aromatic heterocycles. The van der Waals surface area contributed by atoms with Crippen LogP contribution in [0.25, 0.3) is 0 Å². The van der Waals surface area contributed by atoms with Crippen molar-refractivity contribution >= 4 is 0 Å². The summed E-state index contributed by atoms with van der Waals surface area (Å²) < 4.78 is 0. The van der Waals surface area contributed by atoms with Crippen LogP contribution in [-0.2, 0) is 0 Å². The Morgan fingerprint density at radius 1 is 1.86 bits per heavy atom. The van der Waals surface area contributed by atoms with Crippen molar-refractivity contribution in [2.75, 3.05) is 13.2 Å². The highest BCUT2D eigenvalue weighted by Gasteiger charge is 2.22. The average Bonchev–Trinajstić information content (AvgIpc) is 1.65. The molecule has 3 nitrogen and oxygen atoms in total. The van der Waals surface area contributed by atoms with Gasteiger partial charge in [-0.1, -0.05) is 0 Å². The van der Waals surface area contributed by atoms with Gasteiger partial charge in [-0.05, 0) is 6.42 Å². The van der Waals surface area contributed by atoms with Crippen LogP contribution in [0.3, 0.4) is 0 Å². The summed E-state index contributed by atoms with van der Waals surface area (Å²) in [6, 6.07) is 0.250. The second-order valence-corrected chi connectivity index (χ2v) is 1.86. The van der Waals surface area contributed by atoms with Gasteiger partial charge < -0.3 is 5.11 Å². The lowest BCUT2D eigenvalue weighted by molar-refractivity contribution is 0.0425. The predicted octanol–water partition coefficient (Wildman–Crippen LogP) is -1.07. The second kappa shape index (κ2) is 1.78. The van der Waals surface area contributed by atoms with Crippen molar-refractivity contribution in [3.8, 4) is 0 Å². The van der Waals surface area contributed by atoms with Crippen LogP contribution >= 0.6 is 0 Å². The van der Waals surface area contributed by atoms with Gasteiger partial charge >= 0.3 is 0 Å². The molecule has 1 unspecified atom stereocenters. The molecule has 42 valence electrons. The van der Waals surface area contributed by atoms with Gasteiger partial charge in [-0.15, -0.1) is 0 Å². The van der Waals surface area contributed by atoms with Crippen molar-refractivity contribution < 1.29 is 5.11 Å². The molecule has 0 spiro atoms. The molecule has 1 saturated heterocycles. The summed E-state index contributed by atoms with van der Waals surface area (Å²) in [5.74, 6) is 5.31. The van der Waals surface area contributed by atoms with Gasteiger partial charge in [0.2, 0.25) is 0 Å². The van der Waals surface area contributed by atoms with Crippen LogP contribution in [0.2, 0.25) is 0 Å². The molecule has 0 aliphatic carbocycles. The van der Waals surface area contributed by atoms with Gasteiger partial charge in [0.1, 0.15) is 0 Å². The summed E-state index contributed by atoms with van der Waals surface area (Å²) in [6.45, 7) is 1.14. The van der Waals surface area contributed by atoms with Gasteiger partial charge in [0.25, 0.3) is 0 Å². The maximum atomic E-state index is 8.43. The molecule has 0 amide bonds. The number of aliphatic hydroxyl groups excluding tert-OH is 1. The van der Waals surface area contributed by atoms with E-state index in [4.69, 9.17) is 10.9 Å². The zero-order chi connectivity index (χ0) is 5.28. The molecule has 3 heteroatoms. The van der Waals surface area contributed by atoms with Crippen molar-refractivity contribution in [1.82, 2.24) is 5.01 Å². The number of nitrogens with two attached hydrogens (primary N) is 1. The van der Waals surface area contributed by atoms with E-state index < -0.39 is 0 Å². The Hall–Kier alpha value is -0.120. The summed E-state index contributed by atoms with van der Waals surface area (Å²) >= 11 is 0. The lowest BCUT2D eigenvalue weighted by Gasteiger charge is -2.35. The summed E-state index contributed by atoms with van der Waals surface area (Å²) in [4.78, 5) is 0. The molecule has 3 N–H and O–H groups in total. The summed E-state index contributed by atoms with van der Waals surface area (Å²) in [6.07, 6.45) is 1.05. The topological polar surface area (TPSA) is 49.5 Å². The Morgan fingerprint density at radius 3 is 2.57 bits per heavy atom. The van der Waals surface area contributed by atoms with E-state index in [1.54, 1.807) is 5.01 Å². The van der Waals surface area contributed by atoms with E-state index in [0.29, 0.717) is 0 Å². The number of hydrogen-bond donors (Lipinski definition) is 2. The molecule has 0 saturated carbocycles. The van der Waals surface area contributed by atoms with Crippen molar-refractivity contribution in [3.05, 3.63) is 0 Å². The van der Waals surface area contributed by atoms with Gasteiger partial charge in [0.15, 0.2) is 0 Å². The van der Waals surface area contributed by atoms with Crippen LogP contribution in [0.5, 0.6) is 0 Å². The van der Waals surface area contributed by atoms with Crippen molar-refractivity contribution in [2.45, 2.75) is 12.5 Å². The number of hydrazine groups is 1. The van der Waals surface area contributed by atoms with E-state index in [9.17, 15) is 0 Å². The number of nitrogens with zero attached hydrogens (tertiary/aromatic N) is 1. The van der Waals surface area contributed by atoms with Crippen LogP contribution < -0.4 is 5.84 Å². The van der Waals surface area contributed by atoms with E-state index in [2.05, 4.69) is 0 Å². The Kier molecular flexibility index (Phi) is 1.27. The minimum Gasteiger partial charge on any atom is -0.395 e. The summed E-state index contributed by atoms with van der Waals surface area (Å²) in [5.41, 5.74) is 0. The molecule has 0 aromatic carbocycles. The van der Waals surface area contributed by atoms with Crippen molar-refractivity contribution in [3.63, 3.8) is 0 Å². The molecule has 1 heterocycles. The van der Waals surface area contributed by atoms with Crippen LogP contribution in [-0.4, -0.2) is 29.3 Å². The third kappa shape index (κ3) is 0.748. The van der Waals surface area contributed by atoms with Gasteiger partial charge in [0, 0.05) is 12.6 Å². The first-order chi connectivity index (χ1) is 3.34. The first-order valence-corrected chi connectivity index (χ1v) is 2.47. The molecule has 7 heavy (non-hydrogen) atoms. The Balaban J connectivity index is 2.16. The second-order valence-electron chi connectivity index (χ2n) is 1.86. The zero-order valence-corrected chi connectivity index (χ0v) is 4.17. The SMILES string of the molecule is NN1CCC1CO. The maximum absolute atomic E-state index is 8.43. The van der Waals surface area contributed by atoms with Crippen LogP contribution in [0, 0.1) is 0 Å². The fraction of sp³-hybridized carbons (Fsp3) is 1.00. The zero-order valence-electron chi connectivity index (χ0n) is 4.17. The molecular weight excluding hydrogens is 92.1 g/mol. The third-order valence-electron chi connectivity index (χ3n) is 1.40. The lowest BCUT2D eigenvalue weighted by atomic mass is 10.1. The Morgan fingerprint density at radius 2 is 2.57 bits per heavy atom. The fourth-order valence-corrected chi connectivity index (χ4v) is 0.657. The number of hydrogen-bond acceptors (Lipinski definition) is 3. The molecular formula is C4H10N2O. The van der Waals surface area contributed by atoms with Crippen molar-refractivity contribution in [2.24, 2.45) is 5.84 Å². The first kappa shape index (κ1) is 5.03. The van der Waals surface area contributed by atoms with Crippen LogP contribution in [0.1, 0.15) is 6.42 Å². The molecule has 0 bridgehead atoms. The normalized spacial score (nSPS) is 32.6. The van der Waals surface area contributed by atoms with Gasteiger partial charge in [-0.25, -0.2) is 5.01 Å². The molecule has 1 rings (SSSR count). The van der Waals surface area contributed by atoms with E-state index in [-0.39, 0.29) is 12.6 Å². The number of aliphatic hydroxyl groups is 1. The van der Waals surface area contributed by atoms with E-state index in [1.807, 2.05) is 0 Å². The maximum Gasteiger partial charge on any atom is 0.0601 e. The lowest BCUT2D eigenvalue weighted by Crippen LogP contribution is -2.53. The Bertz CT molecular complexity index is 64.7. The third-order valence-corrected chi connectivity index (χ3v) is 1.40. The summed E-state index contributed by atoms with van der Waals surface area (Å²) in [5, 5.41) is 10.1. The Labute approximate surface area is 42.7 Å². The minimum absolute atomic E-state index is 0.205. The molecule has 0 radical (unpaired) electrons. The van der Waals surface area contributed by atoms with E-state index in [0.717, 1.165) is 13.0 Å². The van der Waals surface area contributed by atoms with Gasteiger partial charge in [0.05, 0.1) is 6.61 Å². The first-order valence-electron chi connectivity index (χ1n) is 2.47. The largest absolute Gasteiger partial charge is 0.395 e. The molecule has 1 aliphatic heterocycles. The molecule has 1 atom stereocenters. The van der Waals surface area contributed by atoms with Crippen LogP contribution in [0.15, 0.2) is 0 Å². The predicted molar refractivity (Wildman–Crippen MR) is 26.4 cm³/mol. The minimum atomic E-state index is 0.205. The highest BCUT2D eigenvalue weighted by atomic mass is 16.3. The molecule has 1 fully saturated rings. The molecule has 0 aromatic rings. The quantitative estimate of drug-likeness (QED) is 0.414. The highest BCUT2D eigenvalue weighted by molar-refractivity contribution is 4.76. The number of rotatable bonds is 1. The summed E-state index contributed by atoms with van der Waals surface area (Å²) in [7, 11) is 0. The standard InChI is InChI=1S/C4H10N2O/c5-6-2-1-4(6)3-7/h4,7H,1-3,5H2. The fourth-order valence-electron chi connectivity index (χ4n) is 0.657.